The standard InChI is InChI=1S/C21H22F6N2O3S/c1-3-5-6-7-29(11-17-28-16(12-33-17)19(31)32-4-2)18(30)13-8-14(20(22,23)24)10-15(9-13)21(25,26)27/h8-10,12H,3-7,11H2,1-2H3. The van der Waals surface area contributed by atoms with Gasteiger partial charge < -0.3 is 9.64 Å². The lowest BCUT2D eigenvalue weighted by atomic mass is 10.0. The fourth-order valence-electron chi connectivity index (χ4n) is 2.91. The van der Waals surface area contributed by atoms with Crippen LogP contribution in [0, 0.1) is 0 Å². The van der Waals surface area contributed by atoms with Crippen LogP contribution in [0.25, 0.3) is 0 Å². The third kappa shape index (κ3) is 7.44. The summed E-state index contributed by atoms with van der Waals surface area (Å²) >= 11 is 1.03. The van der Waals surface area contributed by atoms with Crippen LogP contribution in [0.1, 0.15) is 70.1 Å². The highest BCUT2D eigenvalue weighted by Crippen LogP contribution is 2.36. The molecule has 5 nitrogen and oxygen atoms in total. The average molecular weight is 496 g/mol. The Hall–Kier alpha value is -2.63. The maximum atomic E-state index is 13.2. The van der Waals surface area contributed by atoms with E-state index in [-0.39, 0.29) is 31.5 Å². The second-order valence-corrected chi connectivity index (χ2v) is 8.02. The van der Waals surface area contributed by atoms with Gasteiger partial charge in [0.25, 0.3) is 5.91 Å². The van der Waals surface area contributed by atoms with E-state index in [1.165, 1.54) is 5.38 Å². The van der Waals surface area contributed by atoms with Crippen molar-refractivity contribution in [2.24, 2.45) is 0 Å². The van der Waals surface area contributed by atoms with E-state index >= 15 is 0 Å². The summed E-state index contributed by atoms with van der Waals surface area (Å²) in [6.45, 7) is 3.57. The van der Waals surface area contributed by atoms with Gasteiger partial charge >= 0.3 is 18.3 Å². The summed E-state index contributed by atoms with van der Waals surface area (Å²) < 4.78 is 84.0. The molecule has 0 aliphatic heterocycles. The van der Waals surface area contributed by atoms with E-state index in [1.54, 1.807) is 6.92 Å². The second kappa shape index (κ2) is 11.0. The topological polar surface area (TPSA) is 59.5 Å². The molecule has 0 aliphatic carbocycles. The molecular weight excluding hydrogens is 474 g/mol. The van der Waals surface area contributed by atoms with Crippen LogP contribution in [0.2, 0.25) is 0 Å². The molecule has 1 aromatic carbocycles. The Kier molecular flexibility index (Phi) is 8.87. The number of aromatic nitrogens is 1. The molecule has 0 atom stereocenters. The summed E-state index contributed by atoms with van der Waals surface area (Å²) in [5.41, 5.74) is -3.84. The zero-order valence-corrected chi connectivity index (χ0v) is 18.7. The van der Waals surface area contributed by atoms with Gasteiger partial charge in [0.2, 0.25) is 0 Å². The molecule has 12 heteroatoms. The molecule has 0 radical (unpaired) electrons. The number of ether oxygens (including phenoxy) is 1. The van der Waals surface area contributed by atoms with Gasteiger partial charge in [0.05, 0.1) is 24.3 Å². The van der Waals surface area contributed by atoms with Gasteiger partial charge in [0, 0.05) is 17.5 Å². The van der Waals surface area contributed by atoms with E-state index in [2.05, 4.69) is 4.98 Å². The Labute approximate surface area is 190 Å². The third-order valence-corrected chi connectivity index (χ3v) is 5.35. The number of carbonyl (C=O) groups is 2. The minimum atomic E-state index is -5.06. The van der Waals surface area contributed by atoms with Crippen molar-refractivity contribution in [1.82, 2.24) is 9.88 Å². The fraction of sp³-hybridized carbons (Fsp3) is 0.476. The first-order chi connectivity index (χ1) is 15.4. The molecule has 0 N–H and O–H groups in total. The first-order valence-corrected chi connectivity index (χ1v) is 10.9. The molecule has 2 rings (SSSR count). The molecule has 1 aromatic heterocycles. The summed E-state index contributed by atoms with van der Waals surface area (Å²) in [6.07, 6.45) is -8.15. The summed E-state index contributed by atoms with van der Waals surface area (Å²) in [5.74, 6) is -1.66. The quantitative estimate of drug-likeness (QED) is 0.236. The van der Waals surface area contributed by atoms with Crippen molar-refractivity contribution in [3.63, 3.8) is 0 Å². The van der Waals surface area contributed by atoms with Crippen LogP contribution in [0.5, 0.6) is 0 Å². The lowest BCUT2D eigenvalue weighted by Gasteiger charge is -2.23. The van der Waals surface area contributed by atoms with E-state index in [0.717, 1.165) is 22.7 Å². The lowest BCUT2D eigenvalue weighted by Crippen LogP contribution is -2.32. The summed E-state index contributed by atoms with van der Waals surface area (Å²) in [6, 6.07) is 0.803. The molecule has 0 aliphatic rings. The number of carbonyl (C=O) groups excluding carboxylic acids is 2. The number of rotatable bonds is 9. The first-order valence-electron chi connectivity index (χ1n) is 10.1. The molecule has 0 saturated carbocycles. The van der Waals surface area contributed by atoms with Gasteiger partial charge in [-0.25, -0.2) is 9.78 Å². The molecule has 0 unspecified atom stereocenters. The molecule has 0 spiro atoms. The SMILES string of the molecule is CCCCCN(Cc1nc(C(=O)OCC)cs1)C(=O)c1cc(C(F)(F)F)cc(C(F)(F)F)c1. The average Bonchev–Trinajstić information content (AvgIpc) is 3.20. The molecule has 1 amide bonds. The molecular formula is C21H22F6N2O3S. The highest BCUT2D eigenvalue weighted by atomic mass is 32.1. The Morgan fingerprint density at radius 3 is 2.12 bits per heavy atom. The highest BCUT2D eigenvalue weighted by Gasteiger charge is 2.38. The van der Waals surface area contributed by atoms with Gasteiger partial charge in [-0.05, 0) is 31.5 Å². The molecule has 2 aromatic rings. The Bertz CT molecular complexity index is 939. The number of unbranched alkanes of at least 4 members (excludes halogenated alkanes) is 2. The number of hydrogen-bond donors (Lipinski definition) is 0. The van der Waals surface area contributed by atoms with E-state index in [9.17, 15) is 35.9 Å². The van der Waals surface area contributed by atoms with Gasteiger partial charge in [-0.1, -0.05) is 19.8 Å². The van der Waals surface area contributed by atoms with Gasteiger partial charge in [-0.3, -0.25) is 4.79 Å². The predicted molar refractivity (Wildman–Crippen MR) is 109 cm³/mol. The Morgan fingerprint density at radius 1 is 1.00 bits per heavy atom. The second-order valence-electron chi connectivity index (χ2n) is 7.08. The lowest BCUT2D eigenvalue weighted by molar-refractivity contribution is -0.143. The predicted octanol–water partition coefficient (Wildman–Crippen LogP) is 6.19. The zero-order chi connectivity index (χ0) is 24.8. The van der Waals surface area contributed by atoms with Crippen LogP contribution < -0.4 is 0 Å². The smallest absolute Gasteiger partial charge is 0.416 e. The number of hydrogen-bond acceptors (Lipinski definition) is 5. The van der Waals surface area contributed by atoms with Crippen LogP contribution in [-0.4, -0.2) is 34.9 Å². The van der Waals surface area contributed by atoms with Gasteiger partial charge in [0.15, 0.2) is 5.69 Å². The van der Waals surface area contributed by atoms with Crippen molar-refractivity contribution in [2.75, 3.05) is 13.2 Å². The van der Waals surface area contributed by atoms with Crippen molar-refractivity contribution in [3.05, 3.63) is 51.0 Å². The summed E-state index contributed by atoms with van der Waals surface area (Å²) in [7, 11) is 0. The van der Waals surface area contributed by atoms with Crippen LogP contribution in [0.15, 0.2) is 23.6 Å². The van der Waals surface area contributed by atoms with Crippen molar-refractivity contribution in [1.29, 1.82) is 0 Å². The molecule has 0 saturated heterocycles. The van der Waals surface area contributed by atoms with E-state index in [0.29, 0.717) is 30.0 Å². The molecule has 0 fully saturated rings. The van der Waals surface area contributed by atoms with Crippen molar-refractivity contribution >= 4 is 23.2 Å². The van der Waals surface area contributed by atoms with E-state index < -0.39 is 40.9 Å². The zero-order valence-electron chi connectivity index (χ0n) is 17.8. The Balaban J connectivity index is 2.39. The molecule has 0 bridgehead atoms. The number of alkyl halides is 6. The van der Waals surface area contributed by atoms with Gasteiger partial charge in [-0.15, -0.1) is 11.3 Å². The number of esters is 1. The highest BCUT2D eigenvalue weighted by molar-refractivity contribution is 7.09. The number of halogens is 6. The van der Waals surface area contributed by atoms with Crippen LogP contribution in [0.3, 0.4) is 0 Å². The third-order valence-electron chi connectivity index (χ3n) is 4.52. The fourth-order valence-corrected chi connectivity index (χ4v) is 3.69. The molecule has 1 heterocycles. The maximum absolute atomic E-state index is 13.2. The van der Waals surface area contributed by atoms with Crippen LogP contribution in [-0.2, 0) is 23.6 Å². The first kappa shape index (κ1) is 26.6. The summed E-state index contributed by atoms with van der Waals surface area (Å²) in [5, 5.41) is 1.71. The van der Waals surface area contributed by atoms with Gasteiger partial charge in [-0.2, -0.15) is 26.3 Å². The van der Waals surface area contributed by atoms with E-state index in [1.807, 2.05) is 6.92 Å². The minimum absolute atomic E-state index is 0.0104. The largest absolute Gasteiger partial charge is 0.461 e. The Morgan fingerprint density at radius 2 is 1.61 bits per heavy atom. The normalized spacial score (nSPS) is 12.0. The number of thiazole rings is 1. The number of nitrogens with zero attached hydrogens (tertiary/aromatic N) is 2. The number of benzene rings is 1. The molecule has 33 heavy (non-hydrogen) atoms. The minimum Gasteiger partial charge on any atom is -0.461 e. The van der Waals surface area contributed by atoms with Crippen LogP contribution >= 0.6 is 11.3 Å². The monoisotopic (exact) mass is 496 g/mol. The number of amides is 1. The van der Waals surface area contributed by atoms with Crippen molar-refractivity contribution in [2.45, 2.75) is 52.0 Å². The van der Waals surface area contributed by atoms with Gasteiger partial charge in [0.1, 0.15) is 5.01 Å². The van der Waals surface area contributed by atoms with Crippen molar-refractivity contribution in [3.8, 4) is 0 Å². The molecule has 182 valence electrons. The van der Waals surface area contributed by atoms with E-state index in [4.69, 9.17) is 4.74 Å². The maximum Gasteiger partial charge on any atom is 0.416 e. The summed E-state index contributed by atoms with van der Waals surface area (Å²) in [4.78, 5) is 30.0. The van der Waals surface area contributed by atoms with Crippen LogP contribution in [0.4, 0.5) is 26.3 Å². The van der Waals surface area contributed by atoms with Crippen molar-refractivity contribution < 1.29 is 40.7 Å².